The second-order valence-corrected chi connectivity index (χ2v) is 9.87. The van der Waals surface area contributed by atoms with Gasteiger partial charge in [0.2, 0.25) is 15.8 Å². The number of hydrogen-bond acceptors (Lipinski definition) is 6. The van der Waals surface area contributed by atoms with Gasteiger partial charge in [-0.2, -0.15) is 22.5 Å². The van der Waals surface area contributed by atoms with E-state index in [1.165, 1.54) is 21.7 Å². The second kappa shape index (κ2) is 7.08. The first-order valence-electron chi connectivity index (χ1n) is 8.35. The minimum Gasteiger partial charge on any atom is -0.329 e. The zero-order valence-corrected chi connectivity index (χ0v) is 17.2. The largest absolute Gasteiger partial charge is 0.471 e. The van der Waals surface area contributed by atoms with Crippen LogP contribution in [0.4, 0.5) is 13.2 Å². The Morgan fingerprint density at radius 2 is 2.07 bits per heavy atom. The van der Waals surface area contributed by atoms with E-state index in [2.05, 4.69) is 14.7 Å². The molecule has 1 aromatic carbocycles. The summed E-state index contributed by atoms with van der Waals surface area (Å²) in [5.74, 6) is -1.59. The van der Waals surface area contributed by atoms with Crippen LogP contribution in [0.1, 0.15) is 21.9 Å². The van der Waals surface area contributed by atoms with E-state index in [0.717, 1.165) is 4.88 Å². The summed E-state index contributed by atoms with van der Waals surface area (Å²) in [5, 5.41) is 3.54. The monoisotopic (exact) mass is 463 g/mol. The van der Waals surface area contributed by atoms with Gasteiger partial charge in [-0.1, -0.05) is 28.9 Å². The van der Waals surface area contributed by atoms with Crippen molar-refractivity contribution in [2.24, 2.45) is 0 Å². The third kappa shape index (κ3) is 3.67. The molecule has 0 unspecified atom stereocenters. The van der Waals surface area contributed by atoms with Crippen molar-refractivity contribution in [3.05, 3.63) is 51.2 Å². The normalized spacial score (nSPS) is 15.5. The SMILES string of the molecule is Cc1cccc(Cl)c1S(=O)(=O)N1CCc2sc(-c3noc(C(F)(F)F)n3)cc2C1. The average molecular weight is 464 g/mol. The molecule has 0 amide bonds. The molecule has 0 aliphatic carbocycles. The number of thiophene rings is 1. The van der Waals surface area contributed by atoms with Gasteiger partial charge in [0, 0.05) is 18.0 Å². The van der Waals surface area contributed by atoms with Gasteiger partial charge < -0.3 is 4.52 Å². The van der Waals surface area contributed by atoms with Crippen LogP contribution >= 0.6 is 22.9 Å². The summed E-state index contributed by atoms with van der Waals surface area (Å²) in [6.45, 7) is 1.99. The number of aromatic nitrogens is 2. The number of halogens is 4. The van der Waals surface area contributed by atoms with Crippen LogP contribution in [0.5, 0.6) is 0 Å². The predicted octanol–water partition coefficient (Wildman–Crippen LogP) is 4.53. The van der Waals surface area contributed by atoms with Crippen molar-refractivity contribution < 1.29 is 26.1 Å². The van der Waals surface area contributed by atoms with Crippen LogP contribution in [0.3, 0.4) is 0 Å². The predicted molar refractivity (Wildman–Crippen MR) is 100 cm³/mol. The zero-order chi connectivity index (χ0) is 21.0. The first-order chi connectivity index (χ1) is 13.6. The number of hydrogen-bond donors (Lipinski definition) is 0. The third-order valence-corrected chi connectivity index (χ3v) is 8.19. The lowest BCUT2D eigenvalue weighted by Gasteiger charge is -2.27. The van der Waals surface area contributed by atoms with Crippen LogP contribution in [0.15, 0.2) is 33.7 Å². The average Bonchev–Trinajstić information content (AvgIpc) is 3.27. The molecule has 6 nitrogen and oxygen atoms in total. The second-order valence-electron chi connectivity index (χ2n) is 6.45. The lowest BCUT2D eigenvalue weighted by atomic mass is 10.1. The van der Waals surface area contributed by atoms with Crippen LogP contribution < -0.4 is 0 Å². The van der Waals surface area contributed by atoms with Crippen LogP contribution in [0.2, 0.25) is 5.02 Å². The van der Waals surface area contributed by atoms with Crippen molar-refractivity contribution in [1.29, 1.82) is 0 Å². The smallest absolute Gasteiger partial charge is 0.329 e. The summed E-state index contributed by atoms with van der Waals surface area (Å²) in [6.07, 6.45) is -4.30. The quantitative estimate of drug-likeness (QED) is 0.570. The molecule has 0 radical (unpaired) electrons. The summed E-state index contributed by atoms with van der Waals surface area (Å²) in [7, 11) is -3.83. The van der Waals surface area contributed by atoms with E-state index in [0.29, 0.717) is 22.4 Å². The fraction of sp³-hybridized carbons (Fsp3) is 0.294. The minimum atomic E-state index is -4.72. The molecule has 2 aromatic heterocycles. The lowest BCUT2D eigenvalue weighted by molar-refractivity contribution is -0.159. The highest BCUT2D eigenvalue weighted by molar-refractivity contribution is 7.89. The summed E-state index contributed by atoms with van der Waals surface area (Å²) < 4.78 is 69.8. The van der Waals surface area contributed by atoms with Gasteiger partial charge in [-0.15, -0.1) is 11.3 Å². The Bertz CT molecular complexity index is 1170. The molecule has 0 N–H and O–H groups in total. The molecule has 0 saturated heterocycles. The van der Waals surface area contributed by atoms with Gasteiger partial charge in [0.1, 0.15) is 4.90 Å². The number of fused-ring (bicyclic) bond motifs is 1. The van der Waals surface area contributed by atoms with Crippen LogP contribution in [-0.2, 0) is 29.2 Å². The number of rotatable bonds is 3. The summed E-state index contributed by atoms with van der Waals surface area (Å²) in [6, 6.07) is 6.47. The van der Waals surface area contributed by atoms with Gasteiger partial charge in [0.25, 0.3) is 0 Å². The van der Waals surface area contributed by atoms with Gasteiger partial charge in [-0.3, -0.25) is 0 Å². The van der Waals surface area contributed by atoms with E-state index in [9.17, 15) is 21.6 Å². The van der Waals surface area contributed by atoms with E-state index in [1.807, 2.05) is 0 Å². The first-order valence-corrected chi connectivity index (χ1v) is 11.0. The summed E-state index contributed by atoms with van der Waals surface area (Å²) >= 11 is 7.36. The Hall–Kier alpha value is -1.95. The van der Waals surface area contributed by atoms with Crippen molar-refractivity contribution in [1.82, 2.24) is 14.4 Å². The molecule has 0 fully saturated rings. The molecule has 3 heterocycles. The highest BCUT2D eigenvalue weighted by Crippen LogP contribution is 2.37. The minimum absolute atomic E-state index is 0.0635. The molecule has 0 saturated carbocycles. The molecule has 1 aliphatic rings. The van der Waals surface area contributed by atoms with E-state index < -0.39 is 22.1 Å². The van der Waals surface area contributed by atoms with Gasteiger partial charge in [0.05, 0.1) is 9.90 Å². The van der Waals surface area contributed by atoms with Crippen molar-refractivity contribution in [3.8, 4) is 10.7 Å². The fourth-order valence-corrected chi connectivity index (χ4v) is 6.42. The Labute approximate surface area is 173 Å². The van der Waals surface area contributed by atoms with Crippen LogP contribution in [0, 0.1) is 6.92 Å². The Morgan fingerprint density at radius 1 is 1.31 bits per heavy atom. The topological polar surface area (TPSA) is 76.3 Å². The molecule has 12 heteroatoms. The van der Waals surface area contributed by atoms with Crippen molar-refractivity contribution >= 4 is 33.0 Å². The highest BCUT2D eigenvalue weighted by atomic mass is 35.5. The zero-order valence-electron chi connectivity index (χ0n) is 14.8. The molecule has 154 valence electrons. The maximum atomic E-state index is 13.1. The molecule has 0 spiro atoms. The number of alkyl halides is 3. The van der Waals surface area contributed by atoms with E-state index >= 15 is 0 Å². The molecule has 0 atom stereocenters. The van der Waals surface area contributed by atoms with Gasteiger partial charge in [-0.25, -0.2) is 8.42 Å². The van der Waals surface area contributed by atoms with Gasteiger partial charge in [0.15, 0.2) is 0 Å². The molecule has 3 aromatic rings. The van der Waals surface area contributed by atoms with Crippen molar-refractivity contribution in [3.63, 3.8) is 0 Å². The molecule has 0 bridgehead atoms. The van der Waals surface area contributed by atoms with Crippen LogP contribution in [-0.4, -0.2) is 29.4 Å². The third-order valence-electron chi connectivity index (χ3n) is 4.48. The maximum Gasteiger partial charge on any atom is 0.471 e. The molecule has 4 rings (SSSR count). The summed E-state index contributed by atoms with van der Waals surface area (Å²) in [4.78, 5) is 4.72. The summed E-state index contributed by atoms with van der Waals surface area (Å²) in [5.41, 5.74) is 1.24. The molecular weight excluding hydrogens is 451 g/mol. The molecule has 29 heavy (non-hydrogen) atoms. The number of sulfonamides is 1. The Kier molecular flexibility index (Phi) is 4.96. The van der Waals surface area contributed by atoms with Gasteiger partial charge in [-0.05, 0) is 36.6 Å². The highest BCUT2D eigenvalue weighted by Gasteiger charge is 2.39. The standard InChI is InChI=1S/C17H13ClF3N3O3S2/c1-9-3-2-4-11(18)14(9)29(25,26)24-6-5-12-10(8-24)7-13(28-12)15-22-16(27-23-15)17(19,20)21/h2-4,7H,5-6,8H2,1H3. The van der Waals surface area contributed by atoms with Crippen LogP contribution in [0.25, 0.3) is 10.7 Å². The fourth-order valence-electron chi connectivity index (χ4n) is 3.13. The lowest BCUT2D eigenvalue weighted by Crippen LogP contribution is -2.35. The van der Waals surface area contributed by atoms with E-state index in [1.54, 1.807) is 25.1 Å². The molecule has 1 aliphatic heterocycles. The van der Waals surface area contributed by atoms with Gasteiger partial charge >= 0.3 is 12.1 Å². The number of aryl methyl sites for hydroxylation is 1. The number of benzene rings is 1. The van der Waals surface area contributed by atoms with Crippen molar-refractivity contribution in [2.45, 2.75) is 31.0 Å². The molecular formula is C17H13ClF3N3O3S2. The van der Waals surface area contributed by atoms with E-state index in [4.69, 9.17) is 11.6 Å². The van der Waals surface area contributed by atoms with Crippen molar-refractivity contribution in [2.75, 3.05) is 6.54 Å². The Balaban J connectivity index is 1.64. The number of nitrogens with zero attached hydrogens (tertiary/aromatic N) is 3. The Morgan fingerprint density at radius 3 is 2.72 bits per heavy atom. The van der Waals surface area contributed by atoms with E-state index in [-0.39, 0.29) is 28.8 Å². The maximum absolute atomic E-state index is 13.1. The first kappa shape index (κ1) is 20.3.